The van der Waals surface area contributed by atoms with Crippen molar-refractivity contribution in [1.82, 2.24) is 9.80 Å². The van der Waals surface area contributed by atoms with E-state index in [-0.39, 0.29) is 30.6 Å². The van der Waals surface area contributed by atoms with Gasteiger partial charge >= 0.3 is 5.97 Å². The number of carboxylic acids is 1. The van der Waals surface area contributed by atoms with Crippen LogP contribution in [0.4, 0.5) is 0 Å². The van der Waals surface area contributed by atoms with Crippen LogP contribution in [-0.2, 0) is 6.54 Å². The molecule has 1 N–H and O–H groups in total. The number of furan rings is 1. The summed E-state index contributed by atoms with van der Waals surface area (Å²) >= 11 is 0. The second kappa shape index (κ2) is 7.63. The molecule has 0 amide bonds. The maximum absolute atomic E-state index is 10.6. The average molecular weight is 297 g/mol. The zero-order valence-corrected chi connectivity index (χ0v) is 11.8. The lowest BCUT2D eigenvalue weighted by Gasteiger charge is -2.31. The first-order valence-corrected chi connectivity index (χ1v) is 5.38. The van der Waals surface area contributed by atoms with E-state index in [0.29, 0.717) is 6.54 Å². The highest BCUT2D eigenvalue weighted by molar-refractivity contribution is 5.85. The normalized spacial score (nSPS) is 16.7. The predicted molar refractivity (Wildman–Crippen MR) is 72.9 cm³/mol. The van der Waals surface area contributed by atoms with Gasteiger partial charge in [0.15, 0.2) is 0 Å². The first-order chi connectivity index (χ1) is 7.65. The number of hydrogen-bond donors (Lipinski definition) is 1. The number of aromatic carboxylic acids is 1. The fourth-order valence-corrected chi connectivity index (χ4v) is 1.80. The van der Waals surface area contributed by atoms with Crippen molar-refractivity contribution in [1.29, 1.82) is 0 Å². The zero-order valence-electron chi connectivity index (χ0n) is 10.2. The highest BCUT2D eigenvalue weighted by atomic mass is 35.5. The van der Waals surface area contributed by atoms with E-state index in [9.17, 15) is 4.79 Å². The smallest absolute Gasteiger partial charge is 0.371 e. The summed E-state index contributed by atoms with van der Waals surface area (Å²) in [5.41, 5.74) is 0. The SMILES string of the molecule is CN1CCN(Cc2ccc(C(=O)O)o2)CC1.Cl.Cl. The van der Waals surface area contributed by atoms with Crippen molar-refractivity contribution in [2.45, 2.75) is 6.54 Å². The van der Waals surface area contributed by atoms with Crippen LogP contribution in [0.15, 0.2) is 16.5 Å². The quantitative estimate of drug-likeness (QED) is 0.917. The molecule has 1 aliphatic rings. The molecule has 1 fully saturated rings. The van der Waals surface area contributed by atoms with E-state index < -0.39 is 5.97 Å². The van der Waals surface area contributed by atoms with Crippen molar-refractivity contribution in [3.05, 3.63) is 23.7 Å². The van der Waals surface area contributed by atoms with E-state index in [1.165, 1.54) is 6.07 Å². The van der Waals surface area contributed by atoms with E-state index in [1.54, 1.807) is 6.07 Å². The zero-order chi connectivity index (χ0) is 11.5. The van der Waals surface area contributed by atoms with Gasteiger partial charge in [-0.2, -0.15) is 0 Å². The number of piperazine rings is 1. The van der Waals surface area contributed by atoms with Gasteiger partial charge in [-0.05, 0) is 19.2 Å². The van der Waals surface area contributed by atoms with Crippen LogP contribution in [0.5, 0.6) is 0 Å². The minimum atomic E-state index is -1.01. The summed E-state index contributed by atoms with van der Waals surface area (Å²) in [6.07, 6.45) is 0. The predicted octanol–water partition coefficient (Wildman–Crippen LogP) is 1.57. The third-order valence-corrected chi connectivity index (χ3v) is 2.85. The largest absolute Gasteiger partial charge is 0.475 e. The van der Waals surface area contributed by atoms with Gasteiger partial charge in [0, 0.05) is 26.2 Å². The van der Waals surface area contributed by atoms with Gasteiger partial charge in [0.25, 0.3) is 0 Å². The Balaban J connectivity index is 0.00000144. The molecule has 0 unspecified atom stereocenters. The lowest BCUT2D eigenvalue weighted by molar-refractivity contribution is 0.0656. The van der Waals surface area contributed by atoms with E-state index in [0.717, 1.165) is 31.9 Å². The first kappa shape index (κ1) is 17.2. The van der Waals surface area contributed by atoms with Crippen LogP contribution < -0.4 is 0 Å². The third kappa shape index (κ3) is 4.49. The minimum Gasteiger partial charge on any atom is -0.475 e. The lowest BCUT2D eigenvalue weighted by atomic mass is 10.3. The fourth-order valence-electron chi connectivity index (χ4n) is 1.80. The number of rotatable bonds is 3. The van der Waals surface area contributed by atoms with Crippen LogP contribution in [0.2, 0.25) is 0 Å². The van der Waals surface area contributed by atoms with E-state index in [1.807, 2.05) is 0 Å². The second-order valence-electron chi connectivity index (χ2n) is 4.15. The first-order valence-electron chi connectivity index (χ1n) is 5.38. The molecule has 0 saturated carbocycles. The summed E-state index contributed by atoms with van der Waals surface area (Å²) in [6.45, 7) is 4.79. The van der Waals surface area contributed by atoms with Crippen LogP contribution in [0.1, 0.15) is 16.3 Å². The van der Waals surface area contributed by atoms with Gasteiger partial charge in [-0.25, -0.2) is 4.79 Å². The molecule has 1 aromatic rings. The maximum Gasteiger partial charge on any atom is 0.371 e. The average Bonchev–Trinajstić information content (AvgIpc) is 2.70. The van der Waals surface area contributed by atoms with Crippen molar-refractivity contribution < 1.29 is 14.3 Å². The van der Waals surface area contributed by atoms with Gasteiger partial charge in [0.1, 0.15) is 5.76 Å². The molecule has 0 atom stereocenters. The summed E-state index contributed by atoms with van der Waals surface area (Å²) in [4.78, 5) is 15.2. The standard InChI is InChI=1S/C11H16N2O3.2ClH/c1-12-4-6-13(7-5-12)8-9-2-3-10(16-9)11(14)15;;/h2-3H,4-8H2,1H3,(H,14,15);2*1H. The summed E-state index contributed by atoms with van der Waals surface area (Å²) in [7, 11) is 2.10. The molecule has 0 radical (unpaired) electrons. The van der Waals surface area contributed by atoms with Crippen molar-refractivity contribution >= 4 is 30.8 Å². The fraction of sp³-hybridized carbons (Fsp3) is 0.545. The molecular weight excluding hydrogens is 279 g/mol. The molecule has 1 saturated heterocycles. The topological polar surface area (TPSA) is 56.9 Å². The van der Waals surface area contributed by atoms with Crippen LogP contribution >= 0.6 is 24.8 Å². The van der Waals surface area contributed by atoms with Crippen molar-refractivity contribution in [3.8, 4) is 0 Å². The number of likely N-dealkylation sites (N-methyl/N-ethyl adjacent to an activating group) is 1. The number of carboxylic acid groups (broad SMARTS) is 1. The number of halogens is 2. The molecule has 18 heavy (non-hydrogen) atoms. The van der Waals surface area contributed by atoms with E-state index in [2.05, 4.69) is 16.8 Å². The van der Waals surface area contributed by atoms with Gasteiger partial charge in [0.2, 0.25) is 5.76 Å². The molecule has 1 aromatic heterocycles. The number of hydrogen-bond acceptors (Lipinski definition) is 4. The van der Waals surface area contributed by atoms with Crippen molar-refractivity contribution in [2.75, 3.05) is 33.2 Å². The molecule has 0 spiro atoms. The molecule has 0 aromatic carbocycles. The van der Waals surface area contributed by atoms with E-state index in [4.69, 9.17) is 9.52 Å². The molecular formula is C11H18Cl2N2O3. The summed E-state index contributed by atoms with van der Waals surface area (Å²) < 4.78 is 5.22. The van der Waals surface area contributed by atoms with Gasteiger partial charge in [0.05, 0.1) is 6.54 Å². The van der Waals surface area contributed by atoms with Crippen LogP contribution in [0, 0.1) is 0 Å². The Bertz CT molecular complexity index is 376. The Hall–Kier alpha value is -0.750. The molecule has 2 rings (SSSR count). The number of nitrogens with zero attached hydrogens (tertiary/aromatic N) is 2. The molecule has 5 nitrogen and oxygen atoms in total. The minimum absolute atomic E-state index is 0. The van der Waals surface area contributed by atoms with Crippen LogP contribution in [-0.4, -0.2) is 54.1 Å². The van der Waals surface area contributed by atoms with Crippen LogP contribution in [0.3, 0.4) is 0 Å². The molecule has 0 bridgehead atoms. The van der Waals surface area contributed by atoms with Crippen molar-refractivity contribution in [2.24, 2.45) is 0 Å². The highest BCUT2D eigenvalue weighted by Crippen LogP contribution is 2.11. The van der Waals surface area contributed by atoms with Gasteiger partial charge in [-0.1, -0.05) is 0 Å². The Morgan fingerprint density at radius 2 is 1.89 bits per heavy atom. The van der Waals surface area contributed by atoms with E-state index >= 15 is 0 Å². The Morgan fingerprint density at radius 1 is 1.28 bits per heavy atom. The Labute approximate surface area is 119 Å². The molecule has 2 heterocycles. The van der Waals surface area contributed by atoms with Gasteiger partial charge < -0.3 is 14.4 Å². The van der Waals surface area contributed by atoms with Crippen molar-refractivity contribution in [3.63, 3.8) is 0 Å². The summed E-state index contributed by atoms with van der Waals surface area (Å²) in [5, 5.41) is 8.72. The third-order valence-electron chi connectivity index (χ3n) is 2.85. The molecule has 0 aliphatic carbocycles. The maximum atomic E-state index is 10.6. The van der Waals surface area contributed by atoms with Gasteiger partial charge in [-0.3, -0.25) is 4.90 Å². The Morgan fingerprint density at radius 3 is 2.39 bits per heavy atom. The lowest BCUT2D eigenvalue weighted by Crippen LogP contribution is -2.43. The monoisotopic (exact) mass is 296 g/mol. The summed E-state index contributed by atoms with van der Waals surface area (Å²) in [5.74, 6) is -0.268. The molecule has 1 aliphatic heterocycles. The Kier molecular flexibility index (Phi) is 7.32. The van der Waals surface area contributed by atoms with Crippen LogP contribution in [0.25, 0.3) is 0 Å². The molecule has 7 heteroatoms. The number of carbonyl (C=O) groups is 1. The molecule has 104 valence electrons. The summed E-state index contributed by atoms with van der Waals surface area (Å²) in [6, 6.07) is 3.25. The second-order valence-corrected chi connectivity index (χ2v) is 4.15. The van der Waals surface area contributed by atoms with Gasteiger partial charge in [-0.15, -0.1) is 24.8 Å². The highest BCUT2D eigenvalue weighted by Gasteiger charge is 2.16.